The number of amides is 4. The molecule has 0 saturated carbocycles. The molecule has 0 spiro atoms. The summed E-state index contributed by atoms with van der Waals surface area (Å²) in [5.74, 6) is -2.35. The Morgan fingerprint density at radius 2 is 1.46 bits per heavy atom. The van der Waals surface area contributed by atoms with Crippen LogP contribution in [0.3, 0.4) is 0 Å². The average molecular weight is 913 g/mol. The third-order valence-electron chi connectivity index (χ3n) is 12.6. The predicted molar refractivity (Wildman–Crippen MR) is 243 cm³/mol. The van der Waals surface area contributed by atoms with E-state index in [2.05, 4.69) is 45.3 Å². The molecule has 1 atom stereocenters. The molecule has 0 aliphatic carbocycles. The van der Waals surface area contributed by atoms with Gasteiger partial charge < -0.3 is 20.4 Å². The van der Waals surface area contributed by atoms with Gasteiger partial charge in [0.15, 0.2) is 0 Å². The number of aromatic nitrogens is 2. The van der Waals surface area contributed by atoms with E-state index >= 15 is 4.39 Å². The van der Waals surface area contributed by atoms with Crippen molar-refractivity contribution < 1.29 is 36.4 Å². The van der Waals surface area contributed by atoms with Crippen LogP contribution in [0.2, 0.25) is 0 Å². The molecule has 8 rings (SSSR count). The molecule has 4 amide bonds. The fraction of sp³-hybridized carbons (Fsp3) is 0.435. The molecule has 4 aliphatic heterocycles. The van der Waals surface area contributed by atoms with E-state index in [-0.39, 0.29) is 47.3 Å². The number of nitrogens with one attached hydrogen (secondary N) is 4. The van der Waals surface area contributed by atoms with Gasteiger partial charge in [-0.25, -0.2) is 22.2 Å². The highest BCUT2D eigenvalue weighted by molar-refractivity contribution is 7.94. The zero-order valence-electron chi connectivity index (χ0n) is 36.9. The van der Waals surface area contributed by atoms with Crippen LogP contribution in [0.4, 0.5) is 43.3 Å². The van der Waals surface area contributed by atoms with Gasteiger partial charge in [-0.2, -0.15) is 4.98 Å². The summed E-state index contributed by atoms with van der Waals surface area (Å²) in [4.78, 5) is 67.5. The molecule has 0 radical (unpaired) electrons. The molecule has 4 aromatic rings. The first kappa shape index (κ1) is 45.5. The monoisotopic (exact) mass is 912 g/mol. The van der Waals surface area contributed by atoms with Crippen molar-refractivity contribution in [3.63, 3.8) is 0 Å². The lowest BCUT2D eigenvalue weighted by atomic mass is 9.89. The summed E-state index contributed by atoms with van der Waals surface area (Å²) >= 11 is 0. The highest BCUT2D eigenvalue weighted by Gasteiger charge is 2.45. The number of hydrogen-bond acceptors (Lipinski definition) is 13. The molecule has 1 aromatic heterocycles. The number of aryl methyl sites for hydroxylation is 1. The van der Waals surface area contributed by atoms with Crippen molar-refractivity contribution in [1.29, 1.82) is 0 Å². The van der Waals surface area contributed by atoms with Crippen molar-refractivity contribution in [2.75, 3.05) is 72.6 Å². The van der Waals surface area contributed by atoms with Crippen LogP contribution < -0.4 is 25.6 Å². The van der Waals surface area contributed by atoms with Gasteiger partial charge in [-0.1, -0.05) is 6.07 Å². The van der Waals surface area contributed by atoms with Gasteiger partial charge in [0.25, 0.3) is 11.8 Å². The zero-order chi connectivity index (χ0) is 46.2. The molecular formula is C46H54F2N10O6S. The Bertz CT molecular complexity index is 2630. The molecule has 0 bridgehead atoms. The van der Waals surface area contributed by atoms with E-state index < -0.39 is 50.3 Å². The van der Waals surface area contributed by atoms with Crippen LogP contribution in [0.15, 0.2) is 60.8 Å². The molecule has 3 fully saturated rings. The number of carbonyl (C=O) groups is 4. The minimum Gasteiger partial charge on any atom is -0.369 e. The van der Waals surface area contributed by atoms with Crippen LogP contribution in [0.5, 0.6) is 0 Å². The third-order valence-corrected chi connectivity index (χ3v) is 14.7. The van der Waals surface area contributed by atoms with Crippen LogP contribution in [-0.4, -0.2) is 120 Å². The highest BCUT2D eigenvalue weighted by Crippen LogP contribution is 2.34. The lowest BCUT2D eigenvalue weighted by molar-refractivity contribution is -0.136. The van der Waals surface area contributed by atoms with Crippen molar-refractivity contribution in [2.24, 2.45) is 0 Å². The molecule has 4 aliphatic rings. The fourth-order valence-electron chi connectivity index (χ4n) is 8.68. The van der Waals surface area contributed by atoms with Crippen LogP contribution in [0.25, 0.3) is 0 Å². The number of nitrogens with zero attached hydrogens (tertiary/aromatic N) is 6. The first-order chi connectivity index (χ1) is 30.9. The molecule has 16 nitrogen and oxygen atoms in total. The van der Waals surface area contributed by atoms with Crippen molar-refractivity contribution in [1.82, 2.24) is 30.0 Å². The van der Waals surface area contributed by atoms with Crippen molar-refractivity contribution in [2.45, 2.75) is 76.5 Å². The van der Waals surface area contributed by atoms with E-state index in [1.54, 1.807) is 25.3 Å². The standard InChI is InChI=1S/C46H54F2N10O6S/c1-28-27-49-45(53-41(28)50-31-7-11-36(47)38(25-31)54-65(63,64)46(2,3)4)51-30-6-9-33(37(48)24-30)29-14-18-55(19-15-29)16-5-17-56-20-22-57(23-21-56)32-8-10-34-35(26-32)44(62)58(43(34)61)39-12-13-40(59)52-42(39)60/h6-11,24-27,29,39,54H,5,12-23H2,1-4H3,(H,52,59,60)(H2,49,50,51,53). The van der Waals surface area contributed by atoms with Gasteiger partial charge >= 0.3 is 0 Å². The van der Waals surface area contributed by atoms with Crippen molar-refractivity contribution in [3.05, 3.63) is 94.7 Å². The second-order valence-electron chi connectivity index (χ2n) is 18.1. The van der Waals surface area contributed by atoms with Crippen molar-refractivity contribution >= 4 is 68.2 Å². The van der Waals surface area contributed by atoms with Crippen LogP contribution in [0.1, 0.15) is 90.6 Å². The molecule has 19 heteroatoms. The Labute approximate surface area is 377 Å². The number of carbonyl (C=O) groups excluding carboxylic acids is 4. The summed E-state index contributed by atoms with van der Waals surface area (Å²) in [6.07, 6.45) is 4.50. The Morgan fingerprint density at radius 3 is 2.15 bits per heavy atom. The number of anilines is 6. The van der Waals surface area contributed by atoms with Crippen LogP contribution in [-0.2, 0) is 19.6 Å². The SMILES string of the molecule is Cc1cnc(Nc2ccc(C3CCN(CCCN4CCN(c5ccc6c(c5)C(=O)N(C5CCC(=O)NC5=O)C6=O)CC4)CC3)c(F)c2)nc1Nc1ccc(F)c(NS(=O)(=O)C(C)(C)C)c1. The second-order valence-corrected chi connectivity index (χ2v) is 20.5. The largest absolute Gasteiger partial charge is 0.369 e. The highest BCUT2D eigenvalue weighted by atomic mass is 32.2. The van der Waals surface area contributed by atoms with Gasteiger partial charge in [-0.3, -0.25) is 39.0 Å². The summed E-state index contributed by atoms with van der Waals surface area (Å²) in [5.41, 5.74) is 3.47. The summed E-state index contributed by atoms with van der Waals surface area (Å²) in [6.45, 7) is 13.3. The molecule has 4 N–H and O–H groups in total. The number of likely N-dealkylation sites (tertiary alicyclic amines) is 1. The Kier molecular flexibility index (Phi) is 12.9. The topological polar surface area (TPSA) is 189 Å². The third kappa shape index (κ3) is 9.96. The molecular weight excluding hydrogens is 859 g/mol. The summed E-state index contributed by atoms with van der Waals surface area (Å²) < 4.78 is 56.7. The number of fused-ring (bicyclic) bond motifs is 1. The zero-order valence-corrected chi connectivity index (χ0v) is 37.7. The lowest BCUT2D eigenvalue weighted by Crippen LogP contribution is -2.54. The second kappa shape index (κ2) is 18.4. The molecule has 1 unspecified atom stereocenters. The smallest absolute Gasteiger partial charge is 0.262 e. The molecule has 5 heterocycles. The maximum absolute atomic E-state index is 15.6. The number of piperidine rings is 2. The maximum atomic E-state index is 15.6. The Morgan fingerprint density at radius 1 is 0.785 bits per heavy atom. The number of piperazine rings is 1. The van der Waals surface area contributed by atoms with Gasteiger partial charge in [0.05, 0.1) is 21.6 Å². The normalized spacial score (nSPS) is 19.1. The summed E-state index contributed by atoms with van der Waals surface area (Å²) in [5, 5.41) is 8.41. The molecule has 3 saturated heterocycles. The number of rotatable bonds is 13. The van der Waals surface area contributed by atoms with E-state index in [9.17, 15) is 32.0 Å². The van der Waals surface area contributed by atoms with E-state index in [4.69, 9.17) is 0 Å². The van der Waals surface area contributed by atoms with Gasteiger partial charge in [-0.05, 0) is 140 Å². The summed E-state index contributed by atoms with van der Waals surface area (Å²) in [7, 11) is -3.86. The van der Waals surface area contributed by atoms with Gasteiger partial charge in [-0.15, -0.1) is 0 Å². The number of benzene rings is 3. The number of halogens is 2. The molecule has 3 aromatic carbocycles. The van der Waals surface area contributed by atoms with Crippen LogP contribution >= 0.6 is 0 Å². The quantitative estimate of drug-likeness (QED) is 0.117. The molecule has 65 heavy (non-hydrogen) atoms. The minimum absolute atomic E-state index is 0.0766. The van der Waals surface area contributed by atoms with E-state index in [1.165, 1.54) is 45.0 Å². The van der Waals surface area contributed by atoms with Gasteiger partial charge in [0.1, 0.15) is 23.5 Å². The minimum atomic E-state index is -3.86. The fourth-order valence-corrected chi connectivity index (χ4v) is 9.43. The number of imide groups is 2. The first-order valence-corrected chi connectivity index (χ1v) is 23.5. The summed E-state index contributed by atoms with van der Waals surface area (Å²) in [6, 6.07) is 13.3. The van der Waals surface area contributed by atoms with Gasteiger partial charge in [0.2, 0.25) is 27.8 Å². The predicted octanol–water partition coefficient (Wildman–Crippen LogP) is 5.88. The van der Waals surface area contributed by atoms with E-state index in [0.29, 0.717) is 28.3 Å². The van der Waals surface area contributed by atoms with Gasteiger partial charge in [0, 0.05) is 61.4 Å². The first-order valence-electron chi connectivity index (χ1n) is 22.0. The van der Waals surface area contributed by atoms with Crippen molar-refractivity contribution in [3.8, 4) is 0 Å². The Balaban J connectivity index is 0.777. The van der Waals surface area contributed by atoms with E-state index in [0.717, 1.165) is 82.2 Å². The Hall–Kier alpha value is -6.05. The number of hydrogen-bond donors (Lipinski definition) is 4. The maximum Gasteiger partial charge on any atom is 0.262 e. The molecule has 344 valence electrons. The lowest BCUT2D eigenvalue weighted by Gasteiger charge is -2.37. The van der Waals surface area contributed by atoms with E-state index in [1.807, 2.05) is 18.2 Å². The number of sulfonamides is 1. The van der Waals surface area contributed by atoms with Crippen LogP contribution in [0, 0.1) is 18.6 Å². The average Bonchev–Trinajstić information content (AvgIpc) is 3.51.